The maximum Gasteiger partial charge on any atom is 0.267 e. The Labute approximate surface area is 252 Å². The van der Waals surface area contributed by atoms with E-state index >= 15 is 0 Å². The van der Waals surface area contributed by atoms with Crippen LogP contribution < -0.4 is 5.32 Å². The lowest BCUT2D eigenvalue weighted by Crippen LogP contribution is -2.60. The third kappa shape index (κ3) is 6.18. The number of likely N-dealkylation sites (tertiary alicyclic amines) is 2. The van der Waals surface area contributed by atoms with Gasteiger partial charge in [-0.15, -0.1) is 0 Å². The highest BCUT2D eigenvalue weighted by Gasteiger charge is 2.43. The third-order valence-corrected chi connectivity index (χ3v) is 8.93. The minimum atomic E-state index is -2.83. The molecule has 2 N–H and O–H groups in total. The molecule has 10 nitrogen and oxygen atoms in total. The Hall–Kier alpha value is -3.35. The number of pyridine rings is 1. The van der Waals surface area contributed by atoms with Gasteiger partial charge in [-0.05, 0) is 44.9 Å². The van der Waals surface area contributed by atoms with E-state index in [-0.39, 0.29) is 49.8 Å². The maximum atomic E-state index is 13.7. The first kappa shape index (κ1) is 29.7. The Balaban J connectivity index is 1.12. The van der Waals surface area contributed by atoms with Gasteiger partial charge < -0.3 is 24.8 Å². The number of aromatic nitrogens is 2. The first-order valence-corrected chi connectivity index (χ1v) is 15.0. The summed E-state index contributed by atoms with van der Waals surface area (Å²) in [5.41, 5.74) is 1.48. The summed E-state index contributed by atoms with van der Waals surface area (Å²) < 4.78 is 33.2. The van der Waals surface area contributed by atoms with Crippen molar-refractivity contribution in [3.63, 3.8) is 0 Å². The molecule has 0 spiro atoms. The normalized spacial score (nSPS) is 22.8. The number of anilines is 1. The van der Waals surface area contributed by atoms with Crippen LogP contribution in [0.2, 0.25) is 5.02 Å². The molecule has 2 aromatic heterocycles. The van der Waals surface area contributed by atoms with E-state index in [0.717, 1.165) is 21.8 Å². The van der Waals surface area contributed by atoms with Crippen LogP contribution in [-0.2, 0) is 19.1 Å². The molecule has 3 fully saturated rings. The van der Waals surface area contributed by atoms with E-state index in [1.54, 1.807) is 23.4 Å². The number of nitrogens with zero attached hydrogens (tertiary/aromatic N) is 4. The molecule has 0 bridgehead atoms. The number of morpholine rings is 1. The van der Waals surface area contributed by atoms with Gasteiger partial charge in [0.2, 0.25) is 17.7 Å². The average Bonchev–Trinajstić information content (AvgIpc) is 3.52. The number of aromatic amines is 1. The average molecular weight is 617 g/mol. The second-order valence-electron chi connectivity index (χ2n) is 12.4. The van der Waals surface area contributed by atoms with Gasteiger partial charge in [-0.2, -0.15) is 0 Å². The number of piperidine rings is 1. The molecule has 43 heavy (non-hydrogen) atoms. The predicted octanol–water partition coefficient (Wildman–Crippen LogP) is 3.89. The molecule has 1 aromatic carbocycles. The number of rotatable bonds is 5. The molecule has 1 atom stereocenters. The van der Waals surface area contributed by atoms with Crippen LogP contribution in [0.1, 0.15) is 33.1 Å². The van der Waals surface area contributed by atoms with Gasteiger partial charge in [-0.3, -0.25) is 24.3 Å². The minimum absolute atomic E-state index is 0.00481. The predicted molar refractivity (Wildman–Crippen MR) is 158 cm³/mol. The Morgan fingerprint density at radius 2 is 1.88 bits per heavy atom. The lowest BCUT2D eigenvalue weighted by atomic mass is 9.95. The second-order valence-corrected chi connectivity index (χ2v) is 12.9. The number of halogens is 3. The molecule has 3 aromatic rings. The second kappa shape index (κ2) is 11.3. The number of alkyl halides is 2. The molecule has 3 amide bonds. The number of amides is 3. The molecular weight excluding hydrogens is 582 g/mol. The fourth-order valence-electron chi connectivity index (χ4n) is 6.43. The third-order valence-electron chi connectivity index (χ3n) is 8.71. The van der Waals surface area contributed by atoms with Crippen molar-refractivity contribution >= 4 is 56.8 Å². The van der Waals surface area contributed by atoms with E-state index in [9.17, 15) is 23.2 Å². The van der Waals surface area contributed by atoms with Crippen LogP contribution in [0.4, 0.5) is 14.5 Å². The highest BCUT2D eigenvalue weighted by molar-refractivity contribution is 6.33. The number of benzene rings is 1. The molecule has 0 radical (unpaired) electrons. The van der Waals surface area contributed by atoms with E-state index in [2.05, 4.69) is 15.3 Å². The lowest BCUT2D eigenvalue weighted by Gasteiger charge is -2.43. The number of hydrogen-bond donors (Lipinski definition) is 2. The van der Waals surface area contributed by atoms with Crippen molar-refractivity contribution in [3.8, 4) is 0 Å². The summed E-state index contributed by atoms with van der Waals surface area (Å²) in [6.45, 7) is 4.55. The van der Waals surface area contributed by atoms with Crippen molar-refractivity contribution in [1.82, 2.24) is 24.7 Å². The van der Waals surface area contributed by atoms with E-state index in [4.69, 9.17) is 16.3 Å². The summed E-state index contributed by atoms with van der Waals surface area (Å²) in [5.74, 6) is -3.92. The lowest BCUT2D eigenvalue weighted by molar-refractivity contribution is -0.152. The summed E-state index contributed by atoms with van der Waals surface area (Å²) in [7, 11) is 0. The van der Waals surface area contributed by atoms with Gasteiger partial charge in [0.05, 0.1) is 48.2 Å². The van der Waals surface area contributed by atoms with Crippen LogP contribution in [-0.4, -0.2) is 106 Å². The highest BCUT2D eigenvalue weighted by Crippen LogP contribution is 2.34. The molecule has 0 unspecified atom stereocenters. The van der Waals surface area contributed by atoms with Crippen LogP contribution in [0, 0.1) is 5.92 Å². The van der Waals surface area contributed by atoms with Crippen molar-refractivity contribution < 1.29 is 27.9 Å². The van der Waals surface area contributed by atoms with Gasteiger partial charge >= 0.3 is 0 Å². The highest BCUT2D eigenvalue weighted by atomic mass is 35.5. The van der Waals surface area contributed by atoms with Crippen LogP contribution in [0.25, 0.3) is 21.8 Å². The molecule has 230 valence electrons. The van der Waals surface area contributed by atoms with Gasteiger partial charge in [0, 0.05) is 60.5 Å². The molecule has 6 rings (SSSR count). The van der Waals surface area contributed by atoms with Crippen LogP contribution >= 0.6 is 11.6 Å². The Morgan fingerprint density at radius 1 is 1.12 bits per heavy atom. The fraction of sp³-hybridized carbons (Fsp3) is 0.533. The van der Waals surface area contributed by atoms with Gasteiger partial charge in [0.25, 0.3) is 5.92 Å². The monoisotopic (exact) mass is 616 g/mol. The van der Waals surface area contributed by atoms with Gasteiger partial charge in [-0.25, -0.2) is 8.78 Å². The van der Waals surface area contributed by atoms with Crippen molar-refractivity contribution in [2.75, 3.05) is 51.2 Å². The molecule has 0 aliphatic carbocycles. The van der Waals surface area contributed by atoms with Crippen molar-refractivity contribution in [3.05, 3.63) is 35.6 Å². The Bertz CT molecular complexity index is 1570. The molecule has 3 saturated heterocycles. The standard InChI is InChI=1S/C30H35ClF2N6O4/c1-29(2)16-39(14-25(40)37-8-4-18(5-9-37)28(42)38-10-6-30(32,33)17-38)24(15-43-29)27(41)36-22-12-19(31)11-21-20-3-7-34-13-23(20)35-26(21)22/h3,7,11-13,18,24,35H,4-6,8-10,14-17H2,1-2H3,(H,36,41)/t24-/m0/s1. The maximum absolute atomic E-state index is 13.7. The quantitative estimate of drug-likeness (QED) is 0.450. The number of carbonyl (C=O) groups is 3. The van der Waals surface area contributed by atoms with Crippen LogP contribution in [0.15, 0.2) is 30.6 Å². The molecule has 5 heterocycles. The summed E-state index contributed by atoms with van der Waals surface area (Å²) >= 11 is 6.43. The zero-order valence-corrected chi connectivity index (χ0v) is 24.9. The van der Waals surface area contributed by atoms with E-state index < -0.39 is 24.1 Å². The Morgan fingerprint density at radius 3 is 2.60 bits per heavy atom. The van der Waals surface area contributed by atoms with E-state index in [1.165, 1.54) is 4.90 Å². The minimum Gasteiger partial charge on any atom is -0.372 e. The Kier molecular flexibility index (Phi) is 7.80. The molecule has 0 saturated carbocycles. The first-order chi connectivity index (χ1) is 20.4. The smallest absolute Gasteiger partial charge is 0.267 e. The largest absolute Gasteiger partial charge is 0.372 e. The van der Waals surface area contributed by atoms with Gasteiger partial charge in [-0.1, -0.05) is 11.6 Å². The van der Waals surface area contributed by atoms with Crippen LogP contribution in [0.5, 0.6) is 0 Å². The zero-order valence-electron chi connectivity index (χ0n) is 24.2. The van der Waals surface area contributed by atoms with Gasteiger partial charge in [0.15, 0.2) is 0 Å². The van der Waals surface area contributed by atoms with Crippen LogP contribution in [0.3, 0.4) is 0 Å². The SMILES string of the molecule is CC1(C)CN(CC(=O)N2CCC(C(=O)N3CCC(F)(F)C3)CC2)[C@H](C(=O)Nc2cc(Cl)cc3c2[nH]c2cnccc23)CO1. The number of nitrogens with one attached hydrogen (secondary N) is 2. The summed E-state index contributed by atoms with van der Waals surface area (Å²) in [6.07, 6.45) is 3.96. The molecule has 3 aliphatic rings. The van der Waals surface area contributed by atoms with E-state index in [0.29, 0.717) is 43.2 Å². The fourth-order valence-corrected chi connectivity index (χ4v) is 6.64. The topological polar surface area (TPSA) is 111 Å². The number of ether oxygens (including phenoxy) is 1. The van der Waals surface area contributed by atoms with Crippen molar-refractivity contribution in [1.29, 1.82) is 0 Å². The number of H-pyrrole nitrogens is 1. The van der Waals surface area contributed by atoms with Gasteiger partial charge in [0.1, 0.15) is 6.04 Å². The van der Waals surface area contributed by atoms with Crippen molar-refractivity contribution in [2.24, 2.45) is 5.92 Å². The number of fused-ring (bicyclic) bond motifs is 3. The molecular formula is C30H35ClF2N6O4. The summed E-state index contributed by atoms with van der Waals surface area (Å²) in [4.78, 5) is 52.1. The van der Waals surface area contributed by atoms with Crippen molar-refractivity contribution in [2.45, 2.75) is 50.7 Å². The summed E-state index contributed by atoms with van der Waals surface area (Å²) in [6, 6.07) is 4.67. The van der Waals surface area contributed by atoms with E-state index in [1.807, 2.05) is 30.9 Å². The zero-order chi connectivity index (χ0) is 30.5. The first-order valence-electron chi connectivity index (χ1n) is 14.6. The molecule has 13 heteroatoms. The number of hydrogen-bond acceptors (Lipinski definition) is 6. The molecule has 3 aliphatic heterocycles. The summed E-state index contributed by atoms with van der Waals surface area (Å²) in [5, 5.41) is 5.25. The number of carbonyl (C=O) groups excluding carboxylic acids is 3.